The van der Waals surface area contributed by atoms with Crippen LogP contribution < -0.4 is 15.2 Å². The maximum Gasteiger partial charge on any atom is 0.573 e. The summed E-state index contributed by atoms with van der Waals surface area (Å²) in [4.78, 5) is 15.8. The number of carbonyl (C=O) groups excluding carboxylic acids is 1. The molecule has 10 heteroatoms. The number of nitrogens with one attached hydrogen (secondary N) is 1. The van der Waals surface area contributed by atoms with E-state index in [2.05, 4.69) is 15.2 Å². The van der Waals surface area contributed by atoms with Crippen LogP contribution in [0.5, 0.6) is 5.75 Å². The molecule has 0 bridgehead atoms. The van der Waals surface area contributed by atoms with E-state index in [4.69, 9.17) is 9.47 Å². The van der Waals surface area contributed by atoms with Gasteiger partial charge in [0, 0.05) is 5.92 Å². The number of anilines is 1. The van der Waals surface area contributed by atoms with E-state index in [0.717, 1.165) is 17.5 Å². The highest BCUT2D eigenvalue weighted by Crippen LogP contribution is 2.43. The molecule has 0 aromatic heterocycles. The summed E-state index contributed by atoms with van der Waals surface area (Å²) < 4.78 is 50.7. The minimum Gasteiger partial charge on any atom is -0.435 e. The third-order valence-electron chi connectivity index (χ3n) is 4.86. The number of alkyl halides is 3. The van der Waals surface area contributed by atoms with Crippen molar-refractivity contribution >= 4 is 18.2 Å². The van der Waals surface area contributed by atoms with Crippen LogP contribution in [0.2, 0.25) is 0 Å². The van der Waals surface area contributed by atoms with Crippen LogP contribution in [0, 0.1) is 0 Å². The molecule has 0 spiro atoms. The van der Waals surface area contributed by atoms with Gasteiger partial charge in [-0.05, 0) is 48.7 Å². The zero-order chi connectivity index (χ0) is 22.0. The van der Waals surface area contributed by atoms with Crippen LogP contribution in [0.25, 0.3) is 0 Å². The molecule has 1 heterocycles. The number of carbonyl (C=O) groups is 1. The van der Waals surface area contributed by atoms with Crippen LogP contribution >= 0.6 is 0 Å². The standard InChI is InChI=1S/C21H20F3N3O4/c1-2-29-20(28)30-18-11-17(18)13-3-5-14(6-4-13)19-25-12-27(26-19)15-7-9-16(10-8-15)31-21(22,23)24/h3-10,12,17-19,26H,2,11H2,1H3. The molecule has 3 unspecified atom stereocenters. The maximum absolute atomic E-state index is 12.3. The molecule has 1 aliphatic carbocycles. The van der Waals surface area contributed by atoms with Crippen molar-refractivity contribution in [3.63, 3.8) is 0 Å². The summed E-state index contributed by atoms with van der Waals surface area (Å²) in [7, 11) is 0. The second-order valence-electron chi connectivity index (χ2n) is 7.06. The molecule has 0 radical (unpaired) electrons. The molecule has 0 amide bonds. The minimum atomic E-state index is -4.72. The van der Waals surface area contributed by atoms with Crippen molar-refractivity contribution in [3.8, 4) is 5.75 Å². The highest BCUT2D eigenvalue weighted by molar-refractivity contribution is 5.80. The molecule has 2 aromatic rings. The van der Waals surface area contributed by atoms with Gasteiger partial charge in [0.2, 0.25) is 0 Å². The topological polar surface area (TPSA) is 72.4 Å². The van der Waals surface area contributed by atoms with Gasteiger partial charge in [0.1, 0.15) is 24.4 Å². The maximum atomic E-state index is 12.3. The molecule has 7 nitrogen and oxygen atoms in total. The monoisotopic (exact) mass is 435 g/mol. The molecule has 1 N–H and O–H groups in total. The van der Waals surface area contributed by atoms with Crippen LogP contribution in [0.4, 0.5) is 23.7 Å². The minimum absolute atomic E-state index is 0.160. The number of hydrogen-bond acceptors (Lipinski definition) is 7. The Bertz CT molecular complexity index is 948. The Balaban J connectivity index is 1.32. The largest absolute Gasteiger partial charge is 0.573 e. The van der Waals surface area contributed by atoms with Gasteiger partial charge in [-0.2, -0.15) is 5.43 Å². The van der Waals surface area contributed by atoms with E-state index < -0.39 is 12.5 Å². The lowest BCUT2D eigenvalue weighted by atomic mass is 10.1. The summed E-state index contributed by atoms with van der Waals surface area (Å²) in [6.45, 7) is 2.00. The van der Waals surface area contributed by atoms with Crippen molar-refractivity contribution in [2.45, 2.75) is 37.9 Å². The van der Waals surface area contributed by atoms with Gasteiger partial charge in [0.15, 0.2) is 0 Å². The van der Waals surface area contributed by atoms with Gasteiger partial charge in [-0.1, -0.05) is 24.3 Å². The lowest BCUT2D eigenvalue weighted by Crippen LogP contribution is -2.33. The average molecular weight is 435 g/mol. The molecule has 2 aromatic carbocycles. The molecule has 3 atom stereocenters. The first kappa shape index (κ1) is 21.0. The van der Waals surface area contributed by atoms with Crippen molar-refractivity contribution < 1.29 is 32.2 Å². The fourth-order valence-corrected chi connectivity index (χ4v) is 3.30. The fourth-order valence-electron chi connectivity index (χ4n) is 3.30. The molecule has 1 fully saturated rings. The summed E-state index contributed by atoms with van der Waals surface area (Å²) in [5.41, 5.74) is 5.77. The van der Waals surface area contributed by atoms with Crippen LogP contribution in [0.3, 0.4) is 0 Å². The Morgan fingerprint density at radius 1 is 1.13 bits per heavy atom. The van der Waals surface area contributed by atoms with Crippen molar-refractivity contribution in [3.05, 3.63) is 59.7 Å². The number of hydrazine groups is 1. The third-order valence-corrected chi connectivity index (χ3v) is 4.86. The zero-order valence-electron chi connectivity index (χ0n) is 16.5. The molecule has 2 aliphatic rings. The van der Waals surface area contributed by atoms with E-state index in [0.29, 0.717) is 5.69 Å². The van der Waals surface area contributed by atoms with Gasteiger partial charge >= 0.3 is 12.5 Å². The smallest absolute Gasteiger partial charge is 0.435 e. The Morgan fingerprint density at radius 2 is 1.81 bits per heavy atom. The molecular formula is C21H20F3N3O4. The first-order valence-electron chi connectivity index (χ1n) is 9.70. The van der Waals surface area contributed by atoms with E-state index in [-0.39, 0.29) is 30.5 Å². The second kappa shape index (κ2) is 8.46. The SMILES string of the molecule is CCOC(=O)OC1CC1c1ccc(C2N=CN(c3ccc(OC(F)(F)F)cc3)N2)cc1. The van der Waals surface area contributed by atoms with Crippen molar-refractivity contribution in [1.82, 2.24) is 5.43 Å². The lowest BCUT2D eigenvalue weighted by molar-refractivity contribution is -0.274. The summed E-state index contributed by atoms with van der Waals surface area (Å²) >= 11 is 0. The van der Waals surface area contributed by atoms with Gasteiger partial charge in [0.25, 0.3) is 0 Å². The molecular weight excluding hydrogens is 415 g/mol. The fraction of sp³-hybridized carbons (Fsp3) is 0.333. The van der Waals surface area contributed by atoms with E-state index >= 15 is 0 Å². The third kappa shape index (κ3) is 5.26. The Hall–Kier alpha value is -3.27. The molecule has 31 heavy (non-hydrogen) atoms. The Labute approximate surface area is 176 Å². The van der Waals surface area contributed by atoms with E-state index in [1.165, 1.54) is 24.3 Å². The summed E-state index contributed by atoms with van der Waals surface area (Å²) in [6.07, 6.45) is -3.52. The van der Waals surface area contributed by atoms with Crippen molar-refractivity contribution in [2.75, 3.05) is 11.6 Å². The van der Waals surface area contributed by atoms with Crippen LogP contribution in [0.15, 0.2) is 53.5 Å². The number of ether oxygens (including phenoxy) is 3. The number of rotatable bonds is 6. The predicted octanol–water partition coefficient (Wildman–Crippen LogP) is 4.67. The number of halogens is 3. The number of nitrogens with zero attached hydrogens (tertiary/aromatic N) is 2. The molecule has 164 valence electrons. The van der Waals surface area contributed by atoms with Crippen LogP contribution in [-0.4, -0.2) is 31.6 Å². The van der Waals surface area contributed by atoms with Gasteiger partial charge < -0.3 is 14.2 Å². The van der Waals surface area contributed by atoms with E-state index in [1.807, 2.05) is 24.3 Å². The zero-order valence-corrected chi connectivity index (χ0v) is 16.5. The lowest BCUT2D eigenvalue weighted by Gasteiger charge is -2.18. The van der Waals surface area contributed by atoms with Crippen LogP contribution in [-0.2, 0) is 9.47 Å². The molecule has 4 rings (SSSR count). The number of hydrogen-bond donors (Lipinski definition) is 1. The van der Waals surface area contributed by atoms with E-state index in [9.17, 15) is 18.0 Å². The summed E-state index contributed by atoms with van der Waals surface area (Å²) in [5.74, 6) is -0.128. The Morgan fingerprint density at radius 3 is 2.45 bits per heavy atom. The highest BCUT2D eigenvalue weighted by Gasteiger charge is 2.42. The number of aliphatic imine (C=N–C) groups is 1. The first-order chi connectivity index (χ1) is 14.8. The molecule has 0 saturated heterocycles. The Kier molecular flexibility index (Phi) is 5.73. The van der Waals surface area contributed by atoms with Crippen molar-refractivity contribution in [2.24, 2.45) is 4.99 Å². The van der Waals surface area contributed by atoms with Gasteiger partial charge in [0.05, 0.1) is 12.3 Å². The number of benzene rings is 2. The van der Waals surface area contributed by atoms with E-state index in [1.54, 1.807) is 18.3 Å². The van der Waals surface area contributed by atoms with Gasteiger partial charge in [-0.25, -0.2) is 9.79 Å². The second-order valence-corrected chi connectivity index (χ2v) is 7.06. The average Bonchev–Trinajstić information content (AvgIpc) is 3.30. The highest BCUT2D eigenvalue weighted by atomic mass is 19.4. The van der Waals surface area contributed by atoms with Crippen molar-refractivity contribution in [1.29, 1.82) is 0 Å². The van der Waals surface area contributed by atoms with Gasteiger partial charge in [-0.15, -0.1) is 13.2 Å². The molecule has 1 aliphatic heterocycles. The quantitative estimate of drug-likeness (QED) is 0.665. The summed E-state index contributed by atoms with van der Waals surface area (Å²) in [5, 5.41) is 1.63. The first-order valence-corrected chi connectivity index (χ1v) is 9.70. The van der Waals surface area contributed by atoms with Gasteiger partial charge in [-0.3, -0.25) is 5.01 Å². The predicted molar refractivity (Wildman–Crippen MR) is 106 cm³/mol. The normalized spacial score (nSPS) is 22.3. The molecule has 1 saturated carbocycles. The van der Waals surface area contributed by atoms with Crippen LogP contribution in [0.1, 0.15) is 36.6 Å². The summed E-state index contributed by atoms with van der Waals surface area (Å²) in [6, 6.07) is 13.3.